The minimum absolute atomic E-state index is 0.0635. The third-order valence-electron chi connectivity index (χ3n) is 5.21. The first kappa shape index (κ1) is 21.6. The highest BCUT2D eigenvalue weighted by atomic mass is 16.3. The summed E-state index contributed by atoms with van der Waals surface area (Å²) in [5.74, 6) is -0.968. The van der Waals surface area contributed by atoms with E-state index in [0.717, 1.165) is 0 Å². The van der Waals surface area contributed by atoms with Gasteiger partial charge in [0.05, 0.1) is 12.3 Å². The molecule has 1 fully saturated rings. The fourth-order valence-electron chi connectivity index (χ4n) is 3.75. The molecule has 1 aliphatic heterocycles. The maximum absolute atomic E-state index is 13.5. The second kappa shape index (κ2) is 8.35. The number of carbonyl (C=O) groups excluding carboxylic acids is 3. The molecule has 160 valence electrons. The number of rotatable bonds is 5. The Morgan fingerprint density at radius 1 is 1.20 bits per heavy atom. The van der Waals surface area contributed by atoms with E-state index in [2.05, 4.69) is 15.6 Å². The Hall–Kier alpha value is -3.07. The first-order chi connectivity index (χ1) is 14.1. The highest BCUT2D eigenvalue weighted by molar-refractivity contribution is 6.07. The molecule has 0 spiro atoms. The molecule has 0 saturated carbocycles. The molecule has 1 saturated heterocycles. The zero-order valence-corrected chi connectivity index (χ0v) is 17.6. The molecule has 2 heterocycles. The van der Waals surface area contributed by atoms with Gasteiger partial charge in [0.25, 0.3) is 0 Å². The molecule has 3 rings (SSSR count). The lowest BCUT2D eigenvalue weighted by Crippen LogP contribution is -2.49. The maximum Gasteiger partial charge on any atom is 0.248 e. The van der Waals surface area contributed by atoms with Crippen LogP contribution in [0.5, 0.6) is 0 Å². The molecular weight excluding hydrogens is 386 g/mol. The zero-order chi connectivity index (χ0) is 22.1. The number of likely N-dealkylation sites (N-methyl/N-ethyl adjacent to an activating group) is 1. The Bertz CT molecular complexity index is 934. The highest BCUT2D eigenvalue weighted by Crippen LogP contribution is 2.34. The van der Waals surface area contributed by atoms with E-state index in [1.165, 1.54) is 22.8 Å². The lowest BCUT2D eigenvalue weighted by Gasteiger charge is -2.34. The molecular formula is C21H27N5O4. The molecule has 1 aromatic heterocycles. The fraction of sp³-hybridized carbons (Fsp3) is 0.476. The lowest BCUT2D eigenvalue weighted by atomic mass is 9.85. The van der Waals surface area contributed by atoms with Crippen LogP contribution in [0.25, 0.3) is 0 Å². The molecule has 2 N–H and O–H groups in total. The maximum atomic E-state index is 13.5. The Morgan fingerprint density at radius 3 is 2.47 bits per heavy atom. The van der Waals surface area contributed by atoms with Crippen molar-refractivity contribution < 1.29 is 19.5 Å². The van der Waals surface area contributed by atoms with Crippen LogP contribution < -0.4 is 5.32 Å². The Morgan fingerprint density at radius 2 is 1.87 bits per heavy atom. The molecule has 9 heteroatoms. The zero-order valence-electron chi connectivity index (χ0n) is 17.6. The largest absolute Gasteiger partial charge is 0.391 e. The number of aromatic nitrogens is 3. The number of aliphatic hydroxyl groups excluding tert-OH is 1. The molecule has 0 unspecified atom stereocenters. The summed E-state index contributed by atoms with van der Waals surface area (Å²) in [7, 11) is 1.50. The summed E-state index contributed by atoms with van der Waals surface area (Å²) in [6.45, 7) is 5.68. The van der Waals surface area contributed by atoms with Gasteiger partial charge < -0.3 is 15.3 Å². The van der Waals surface area contributed by atoms with Gasteiger partial charge in [-0.2, -0.15) is 0 Å². The average molecular weight is 413 g/mol. The van der Waals surface area contributed by atoms with Crippen molar-refractivity contribution in [3.8, 4) is 0 Å². The predicted molar refractivity (Wildman–Crippen MR) is 109 cm³/mol. The van der Waals surface area contributed by atoms with Gasteiger partial charge in [0, 0.05) is 25.6 Å². The van der Waals surface area contributed by atoms with Crippen LogP contribution in [0.3, 0.4) is 0 Å². The molecule has 0 bridgehead atoms. The Kier molecular flexibility index (Phi) is 6.02. The first-order valence-electron chi connectivity index (χ1n) is 9.85. The first-order valence-corrected chi connectivity index (χ1v) is 9.85. The number of β-amino-alcohol motifs (C(OH)–C–C–N with tert-alkyl or cyclic N) is 1. The van der Waals surface area contributed by atoms with E-state index in [4.69, 9.17) is 0 Å². The monoisotopic (exact) mass is 413 g/mol. The minimum atomic E-state index is -0.806. The normalized spacial score (nSPS) is 20.1. The van der Waals surface area contributed by atoms with E-state index in [0.29, 0.717) is 5.56 Å². The van der Waals surface area contributed by atoms with Crippen molar-refractivity contribution in [2.24, 2.45) is 5.41 Å². The van der Waals surface area contributed by atoms with Gasteiger partial charge >= 0.3 is 0 Å². The van der Waals surface area contributed by atoms with Crippen LogP contribution in [0.15, 0.2) is 36.5 Å². The Balaban J connectivity index is 1.92. The van der Waals surface area contributed by atoms with Gasteiger partial charge in [0.1, 0.15) is 12.1 Å². The van der Waals surface area contributed by atoms with Crippen molar-refractivity contribution in [2.45, 2.75) is 45.4 Å². The number of hydrogen-bond donors (Lipinski definition) is 2. The molecule has 0 aliphatic carbocycles. The SMILES string of the molecule is CNC(=O)[C@@H]1C[C@@H](O)CN1C(=O)[C@@H](n1cc(C(=O)c2ccccc2)nn1)C(C)(C)C. The van der Waals surface area contributed by atoms with Crippen LogP contribution in [-0.2, 0) is 9.59 Å². The average Bonchev–Trinajstić information content (AvgIpc) is 3.33. The Labute approximate surface area is 175 Å². The van der Waals surface area contributed by atoms with Crippen molar-refractivity contribution >= 4 is 17.6 Å². The number of nitrogens with one attached hydrogen (secondary N) is 1. The van der Waals surface area contributed by atoms with Gasteiger partial charge in [-0.15, -0.1) is 5.10 Å². The minimum Gasteiger partial charge on any atom is -0.391 e. The van der Waals surface area contributed by atoms with E-state index in [1.807, 2.05) is 26.8 Å². The number of hydrogen-bond acceptors (Lipinski definition) is 6. The van der Waals surface area contributed by atoms with Crippen molar-refractivity contribution in [2.75, 3.05) is 13.6 Å². The smallest absolute Gasteiger partial charge is 0.248 e. The van der Waals surface area contributed by atoms with E-state index < -0.39 is 23.6 Å². The standard InChI is InChI=1S/C21H27N5O4/c1-21(2,3)18(20(30)25-11-14(27)10-16(25)19(29)22-4)26-12-15(23-24-26)17(28)13-8-6-5-7-9-13/h5-9,12,14,16,18,27H,10-11H2,1-4H3,(H,22,29)/t14-,16+,18-/m1/s1. The van der Waals surface area contributed by atoms with Gasteiger partial charge in [-0.1, -0.05) is 56.3 Å². The summed E-state index contributed by atoms with van der Waals surface area (Å²) in [5.41, 5.74) is 0.0247. The number of likely N-dealkylation sites (tertiary alicyclic amines) is 1. The summed E-state index contributed by atoms with van der Waals surface area (Å²) in [5, 5.41) is 20.7. The second-order valence-electron chi connectivity index (χ2n) is 8.56. The molecule has 2 aromatic rings. The third kappa shape index (κ3) is 4.25. The van der Waals surface area contributed by atoms with Crippen LogP contribution in [0.1, 0.15) is 49.3 Å². The predicted octanol–water partition coefficient (Wildman–Crippen LogP) is 0.804. The van der Waals surface area contributed by atoms with Gasteiger partial charge in [-0.05, 0) is 5.41 Å². The van der Waals surface area contributed by atoms with Gasteiger partial charge in [-0.3, -0.25) is 14.4 Å². The van der Waals surface area contributed by atoms with Gasteiger partial charge in [0.15, 0.2) is 5.69 Å². The van der Waals surface area contributed by atoms with E-state index >= 15 is 0 Å². The van der Waals surface area contributed by atoms with E-state index in [9.17, 15) is 19.5 Å². The van der Waals surface area contributed by atoms with Crippen LogP contribution in [0.2, 0.25) is 0 Å². The molecule has 2 amide bonds. The van der Waals surface area contributed by atoms with Crippen molar-refractivity contribution in [1.82, 2.24) is 25.2 Å². The summed E-state index contributed by atoms with van der Waals surface area (Å²) in [6, 6.07) is 7.15. The molecule has 0 radical (unpaired) electrons. The molecule has 1 aliphatic rings. The van der Waals surface area contributed by atoms with Crippen LogP contribution >= 0.6 is 0 Å². The summed E-state index contributed by atoms with van der Waals surface area (Å²) in [4.78, 5) is 39.8. The molecule has 9 nitrogen and oxygen atoms in total. The summed E-state index contributed by atoms with van der Waals surface area (Å²) < 4.78 is 1.38. The molecule has 30 heavy (non-hydrogen) atoms. The number of ketones is 1. The van der Waals surface area contributed by atoms with E-state index in [1.54, 1.807) is 24.3 Å². The van der Waals surface area contributed by atoms with Crippen LogP contribution in [-0.4, -0.2) is 68.3 Å². The number of carbonyl (C=O) groups is 3. The van der Waals surface area contributed by atoms with Crippen molar-refractivity contribution in [1.29, 1.82) is 0 Å². The number of amides is 2. The van der Waals surface area contributed by atoms with Crippen LogP contribution in [0.4, 0.5) is 0 Å². The van der Waals surface area contributed by atoms with Crippen molar-refractivity contribution in [3.05, 3.63) is 47.8 Å². The van der Waals surface area contributed by atoms with Crippen molar-refractivity contribution in [3.63, 3.8) is 0 Å². The summed E-state index contributed by atoms with van der Waals surface area (Å²) in [6.07, 6.45) is 0.866. The lowest BCUT2D eigenvalue weighted by molar-refractivity contribution is -0.144. The van der Waals surface area contributed by atoms with Crippen LogP contribution in [0, 0.1) is 5.41 Å². The fourth-order valence-corrected chi connectivity index (χ4v) is 3.75. The van der Waals surface area contributed by atoms with Gasteiger partial charge in [0.2, 0.25) is 17.6 Å². The number of aliphatic hydroxyl groups is 1. The molecule has 3 atom stereocenters. The highest BCUT2D eigenvalue weighted by Gasteiger charge is 2.45. The number of benzene rings is 1. The topological polar surface area (TPSA) is 117 Å². The quantitative estimate of drug-likeness (QED) is 0.701. The second-order valence-corrected chi connectivity index (χ2v) is 8.56. The van der Waals surface area contributed by atoms with Gasteiger partial charge in [-0.25, -0.2) is 4.68 Å². The summed E-state index contributed by atoms with van der Waals surface area (Å²) >= 11 is 0. The number of nitrogens with zero attached hydrogens (tertiary/aromatic N) is 4. The molecule has 1 aromatic carbocycles. The van der Waals surface area contributed by atoms with E-state index in [-0.39, 0.29) is 36.3 Å². The third-order valence-corrected chi connectivity index (χ3v) is 5.21.